The Morgan fingerprint density at radius 1 is 1.16 bits per heavy atom. The third-order valence-corrected chi connectivity index (χ3v) is 9.86. The third-order valence-electron chi connectivity index (χ3n) is 4.16. The van der Waals surface area contributed by atoms with Crippen LogP contribution < -0.4 is 0 Å². The molecule has 1 aromatic rings. The van der Waals surface area contributed by atoms with Crippen molar-refractivity contribution in [1.82, 2.24) is 10.0 Å². The Labute approximate surface area is 196 Å². The smallest absolute Gasteiger partial charge is 0.337 e. The highest BCUT2D eigenvalue weighted by Gasteiger charge is 2.33. The molecule has 0 aromatic carbocycles. The molecule has 2 heterocycles. The third kappa shape index (κ3) is 10.5. The summed E-state index contributed by atoms with van der Waals surface area (Å²) >= 11 is -2.23. The molecule has 2 amide bonds. The second kappa shape index (κ2) is 14.3. The summed E-state index contributed by atoms with van der Waals surface area (Å²) in [4.78, 5) is 43.5. The number of nitrogens with zero attached hydrogens (tertiary/aromatic N) is 2. The molecular weight excluding hydrogens is 480 g/mol. The zero-order chi connectivity index (χ0) is 22.6. The molecule has 0 aliphatic carbocycles. The van der Waals surface area contributed by atoms with Crippen LogP contribution in [0.5, 0.6) is 0 Å². The number of hydroxylamine groups is 2. The average Bonchev–Trinajstić information content (AvgIpc) is 3.07. The summed E-state index contributed by atoms with van der Waals surface area (Å²) in [6.07, 6.45) is 3.05. The van der Waals surface area contributed by atoms with Crippen molar-refractivity contribution >= 4 is 61.7 Å². The SMILES string of the molecule is CC(CC[S+]([O-])CCC[S+]([O-])CCC(=O)ON1C(=O)CCC1=O)SSc1ccccn1. The number of aromatic nitrogens is 1. The minimum absolute atomic E-state index is 0.0374. The molecule has 1 aromatic heterocycles. The summed E-state index contributed by atoms with van der Waals surface area (Å²) in [5, 5.41) is 1.78. The predicted molar refractivity (Wildman–Crippen MR) is 124 cm³/mol. The lowest BCUT2D eigenvalue weighted by atomic mass is 10.4. The van der Waals surface area contributed by atoms with Gasteiger partial charge in [-0.2, -0.15) is 0 Å². The monoisotopic (exact) mass is 506 g/mol. The molecule has 3 atom stereocenters. The van der Waals surface area contributed by atoms with Crippen LogP contribution in [0.3, 0.4) is 0 Å². The molecule has 0 N–H and O–H groups in total. The summed E-state index contributed by atoms with van der Waals surface area (Å²) in [5.41, 5.74) is 0. The lowest BCUT2D eigenvalue weighted by molar-refractivity contribution is -0.197. The fourth-order valence-corrected chi connectivity index (χ4v) is 7.23. The summed E-state index contributed by atoms with van der Waals surface area (Å²) < 4.78 is 24.2. The van der Waals surface area contributed by atoms with E-state index in [1.807, 2.05) is 18.2 Å². The van der Waals surface area contributed by atoms with Gasteiger partial charge in [0.2, 0.25) is 0 Å². The van der Waals surface area contributed by atoms with Crippen molar-refractivity contribution < 1.29 is 28.3 Å². The maximum Gasteiger partial charge on any atom is 0.337 e. The van der Waals surface area contributed by atoms with Crippen LogP contribution in [0.25, 0.3) is 0 Å². The molecular formula is C19H26N2O6S4. The van der Waals surface area contributed by atoms with Crippen LogP contribution in [0.2, 0.25) is 0 Å². The highest BCUT2D eigenvalue weighted by atomic mass is 33.1. The number of rotatable bonds is 14. The Morgan fingerprint density at radius 3 is 2.48 bits per heavy atom. The first-order valence-corrected chi connectivity index (χ1v) is 15.0. The Kier molecular flexibility index (Phi) is 12.1. The first-order chi connectivity index (χ1) is 14.8. The Bertz CT molecular complexity index is 711. The molecule has 2 rings (SSSR count). The van der Waals surface area contributed by atoms with Crippen LogP contribution in [-0.2, 0) is 41.6 Å². The quantitative estimate of drug-likeness (QED) is 0.213. The zero-order valence-electron chi connectivity index (χ0n) is 17.2. The summed E-state index contributed by atoms with van der Waals surface area (Å²) in [6.45, 7) is 2.09. The van der Waals surface area contributed by atoms with Crippen molar-refractivity contribution in [2.24, 2.45) is 0 Å². The Hall–Kier alpha value is -0.920. The molecule has 1 aliphatic heterocycles. The van der Waals surface area contributed by atoms with Crippen LogP contribution in [0.1, 0.15) is 39.0 Å². The van der Waals surface area contributed by atoms with Crippen LogP contribution in [0, 0.1) is 0 Å². The largest absolute Gasteiger partial charge is 0.616 e. The maximum atomic E-state index is 12.2. The maximum absolute atomic E-state index is 12.2. The molecule has 3 unspecified atom stereocenters. The van der Waals surface area contributed by atoms with E-state index in [9.17, 15) is 23.5 Å². The van der Waals surface area contributed by atoms with Gasteiger partial charge in [0, 0.05) is 37.1 Å². The summed E-state index contributed by atoms with van der Waals surface area (Å²) in [7, 11) is 3.31. The molecule has 1 aliphatic rings. The molecule has 8 nitrogen and oxygen atoms in total. The number of carbonyl (C=O) groups is 3. The van der Waals surface area contributed by atoms with Crippen molar-refractivity contribution in [3.63, 3.8) is 0 Å². The van der Waals surface area contributed by atoms with Crippen LogP contribution in [0.4, 0.5) is 0 Å². The molecule has 31 heavy (non-hydrogen) atoms. The van der Waals surface area contributed by atoms with Gasteiger partial charge in [-0.3, -0.25) is 9.59 Å². The molecule has 0 bridgehead atoms. The van der Waals surface area contributed by atoms with E-state index in [4.69, 9.17) is 4.84 Å². The highest BCUT2D eigenvalue weighted by Crippen LogP contribution is 2.34. The molecule has 0 saturated carbocycles. The van der Waals surface area contributed by atoms with Gasteiger partial charge in [0.1, 0.15) is 28.0 Å². The normalized spacial score (nSPS) is 16.9. The van der Waals surface area contributed by atoms with Crippen LogP contribution in [0.15, 0.2) is 29.4 Å². The number of hydrogen-bond acceptors (Lipinski definition) is 9. The number of imide groups is 1. The number of pyridine rings is 1. The standard InChI is InChI=1S/C19H26N2O6S4/c1-15(28-29-16-5-2-3-10-20-16)8-13-30(25)11-4-12-31(26)14-9-19(24)27-21-17(22)6-7-18(21)23/h2-3,5,10,15H,4,6-9,11-14H2,1H3. The van der Waals surface area contributed by atoms with Crippen molar-refractivity contribution in [2.45, 2.75) is 49.3 Å². The second-order valence-electron chi connectivity index (χ2n) is 6.79. The molecule has 0 radical (unpaired) electrons. The number of amides is 2. The van der Waals surface area contributed by atoms with Crippen molar-refractivity contribution in [3.05, 3.63) is 24.4 Å². The van der Waals surface area contributed by atoms with Crippen molar-refractivity contribution in [3.8, 4) is 0 Å². The second-order valence-corrected chi connectivity index (χ2v) is 12.8. The van der Waals surface area contributed by atoms with E-state index in [1.54, 1.807) is 27.8 Å². The van der Waals surface area contributed by atoms with E-state index < -0.39 is 40.1 Å². The van der Waals surface area contributed by atoms with E-state index in [2.05, 4.69) is 11.9 Å². The fraction of sp³-hybridized carbons (Fsp3) is 0.579. The lowest BCUT2D eigenvalue weighted by Crippen LogP contribution is -2.32. The van der Waals surface area contributed by atoms with E-state index in [1.165, 1.54) is 0 Å². The average molecular weight is 507 g/mol. The van der Waals surface area contributed by atoms with E-state index in [-0.39, 0.29) is 25.0 Å². The lowest BCUT2D eigenvalue weighted by Gasteiger charge is -2.15. The van der Waals surface area contributed by atoms with E-state index in [0.717, 1.165) is 11.4 Å². The Balaban J connectivity index is 1.51. The van der Waals surface area contributed by atoms with Crippen molar-refractivity contribution in [1.29, 1.82) is 0 Å². The number of hydrogen-bond donors (Lipinski definition) is 0. The predicted octanol–water partition coefficient (Wildman–Crippen LogP) is 2.49. The van der Waals surface area contributed by atoms with Crippen molar-refractivity contribution in [2.75, 3.05) is 23.0 Å². The zero-order valence-corrected chi connectivity index (χ0v) is 20.5. The van der Waals surface area contributed by atoms with Gasteiger partial charge in [0.25, 0.3) is 11.8 Å². The molecule has 0 spiro atoms. The van der Waals surface area contributed by atoms with E-state index >= 15 is 0 Å². The summed E-state index contributed by atoms with van der Waals surface area (Å²) in [5.74, 6) is -0.336. The number of carbonyl (C=O) groups excluding carboxylic acids is 3. The van der Waals surface area contributed by atoms with Gasteiger partial charge >= 0.3 is 5.97 Å². The van der Waals surface area contributed by atoms with Gasteiger partial charge in [-0.1, -0.05) is 46.1 Å². The van der Waals surface area contributed by atoms with Gasteiger partial charge < -0.3 is 13.9 Å². The minimum Gasteiger partial charge on any atom is -0.616 e. The molecule has 1 saturated heterocycles. The van der Waals surface area contributed by atoms with Gasteiger partial charge in [-0.25, -0.2) is 9.78 Å². The fourth-order valence-electron chi connectivity index (χ4n) is 2.46. The van der Waals surface area contributed by atoms with Gasteiger partial charge in [0.15, 0.2) is 0 Å². The molecule has 12 heteroatoms. The first-order valence-electron chi connectivity index (χ1n) is 9.86. The van der Waals surface area contributed by atoms with Gasteiger partial charge in [-0.05, 0) is 22.9 Å². The van der Waals surface area contributed by atoms with Crippen LogP contribution in [-0.4, -0.2) is 65.2 Å². The Morgan fingerprint density at radius 2 is 1.84 bits per heavy atom. The highest BCUT2D eigenvalue weighted by molar-refractivity contribution is 8.76. The minimum atomic E-state index is -1.25. The van der Waals surface area contributed by atoms with Crippen LogP contribution >= 0.6 is 21.6 Å². The topological polar surface area (TPSA) is 123 Å². The van der Waals surface area contributed by atoms with Gasteiger partial charge in [-0.15, -0.1) is 5.06 Å². The molecule has 172 valence electrons. The first kappa shape index (κ1) is 26.3. The molecule has 1 fully saturated rings. The van der Waals surface area contributed by atoms with Gasteiger partial charge in [0.05, 0.1) is 6.42 Å². The van der Waals surface area contributed by atoms with E-state index in [0.29, 0.717) is 34.0 Å². The summed E-state index contributed by atoms with van der Waals surface area (Å²) in [6, 6.07) is 5.77.